The van der Waals surface area contributed by atoms with Crippen LogP contribution in [0.1, 0.15) is 11.1 Å². The molecular weight excluding hydrogens is 264 g/mol. The van der Waals surface area contributed by atoms with Crippen molar-refractivity contribution in [2.75, 3.05) is 7.11 Å². The van der Waals surface area contributed by atoms with Crippen molar-refractivity contribution in [1.29, 1.82) is 0 Å². The molecule has 18 heavy (non-hydrogen) atoms. The van der Waals surface area contributed by atoms with Gasteiger partial charge in [-0.05, 0) is 35.4 Å². The molecule has 3 heteroatoms. The SMILES string of the molecule is COc1ccc(CSc2ccc(CCl)cc2)cc1. The van der Waals surface area contributed by atoms with Crippen LogP contribution in [0.25, 0.3) is 0 Å². The first kappa shape index (κ1) is 13.3. The molecule has 0 amide bonds. The molecule has 0 heterocycles. The van der Waals surface area contributed by atoms with E-state index in [0.29, 0.717) is 5.88 Å². The number of methoxy groups -OCH3 is 1. The summed E-state index contributed by atoms with van der Waals surface area (Å²) >= 11 is 7.58. The van der Waals surface area contributed by atoms with E-state index in [2.05, 4.69) is 36.4 Å². The van der Waals surface area contributed by atoms with Crippen molar-refractivity contribution in [2.24, 2.45) is 0 Å². The summed E-state index contributed by atoms with van der Waals surface area (Å²) in [6.07, 6.45) is 0. The highest BCUT2D eigenvalue weighted by Crippen LogP contribution is 2.24. The summed E-state index contributed by atoms with van der Waals surface area (Å²) < 4.78 is 5.14. The van der Waals surface area contributed by atoms with Gasteiger partial charge in [0.2, 0.25) is 0 Å². The number of halogens is 1. The fourth-order valence-corrected chi connectivity index (χ4v) is 2.60. The van der Waals surface area contributed by atoms with E-state index in [1.54, 1.807) is 7.11 Å². The van der Waals surface area contributed by atoms with E-state index in [0.717, 1.165) is 17.1 Å². The van der Waals surface area contributed by atoms with Crippen molar-refractivity contribution in [1.82, 2.24) is 0 Å². The van der Waals surface area contributed by atoms with E-state index in [9.17, 15) is 0 Å². The van der Waals surface area contributed by atoms with E-state index in [-0.39, 0.29) is 0 Å². The normalized spacial score (nSPS) is 10.3. The highest BCUT2D eigenvalue weighted by atomic mass is 35.5. The molecule has 2 aromatic carbocycles. The molecule has 0 saturated carbocycles. The van der Waals surface area contributed by atoms with Crippen LogP contribution in [0.4, 0.5) is 0 Å². The lowest BCUT2D eigenvalue weighted by atomic mass is 10.2. The highest BCUT2D eigenvalue weighted by molar-refractivity contribution is 7.98. The smallest absolute Gasteiger partial charge is 0.118 e. The molecule has 0 N–H and O–H groups in total. The zero-order chi connectivity index (χ0) is 12.8. The predicted molar refractivity (Wildman–Crippen MR) is 78.6 cm³/mol. The third kappa shape index (κ3) is 3.69. The Kier molecular flexibility index (Phi) is 4.97. The van der Waals surface area contributed by atoms with Crippen molar-refractivity contribution in [3.63, 3.8) is 0 Å². The van der Waals surface area contributed by atoms with Gasteiger partial charge in [0.15, 0.2) is 0 Å². The fourth-order valence-electron chi connectivity index (χ4n) is 1.56. The maximum Gasteiger partial charge on any atom is 0.118 e. The van der Waals surface area contributed by atoms with Crippen molar-refractivity contribution in [2.45, 2.75) is 16.5 Å². The Morgan fingerprint density at radius 1 is 0.944 bits per heavy atom. The molecule has 0 fully saturated rings. The summed E-state index contributed by atoms with van der Waals surface area (Å²) in [6.45, 7) is 0. The molecule has 0 atom stereocenters. The molecule has 2 rings (SSSR count). The Balaban J connectivity index is 1.93. The summed E-state index contributed by atoms with van der Waals surface area (Å²) in [7, 11) is 1.68. The second-order valence-electron chi connectivity index (χ2n) is 3.91. The van der Waals surface area contributed by atoms with Gasteiger partial charge in [-0.15, -0.1) is 23.4 Å². The molecule has 0 radical (unpaired) electrons. The van der Waals surface area contributed by atoms with Gasteiger partial charge in [0.25, 0.3) is 0 Å². The minimum absolute atomic E-state index is 0.573. The van der Waals surface area contributed by atoms with Gasteiger partial charge in [0.1, 0.15) is 5.75 Å². The van der Waals surface area contributed by atoms with Gasteiger partial charge in [-0.3, -0.25) is 0 Å². The largest absolute Gasteiger partial charge is 0.497 e. The van der Waals surface area contributed by atoms with Crippen LogP contribution in [0.5, 0.6) is 5.75 Å². The lowest BCUT2D eigenvalue weighted by Crippen LogP contribution is -1.84. The minimum atomic E-state index is 0.573. The number of ether oxygens (including phenoxy) is 1. The van der Waals surface area contributed by atoms with Gasteiger partial charge < -0.3 is 4.74 Å². The Labute approximate surface area is 117 Å². The average molecular weight is 279 g/mol. The summed E-state index contributed by atoms with van der Waals surface area (Å²) in [6, 6.07) is 16.6. The number of hydrogen-bond donors (Lipinski definition) is 0. The summed E-state index contributed by atoms with van der Waals surface area (Å²) in [5, 5.41) is 0. The Morgan fingerprint density at radius 3 is 2.11 bits per heavy atom. The Morgan fingerprint density at radius 2 is 1.56 bits per heavy atom. The molecule has 94 valence electrons. The first-order chi connectivity index (χ1) is 8.81. The molecule has 0 bridgehead atoms. The zero-order valence-corrected chi connectivity index (χ0v) is 11.8. The quantitative estimate of drug-likeness (QED) is 0.578. The van der Waals surface area contributed by atoms with Crippen LogP contribution in [0.15, 0.2) is 53.4 Å². The van der Waals surface area contributed by atoms with Crippen LogP contribution in [0.2, 0.25) is 0 Å². The molecular formula is C15H15ClOS. The van der Waals surface area contributed by atoms with E-state index < -0.39 is 0 Å². The number of thioether (sulfide) groups is 1. The first-order valence-electron chi connectivity index (χ1n) is 5.72. The van der Waals surface area contributed by atoms with Crippen molar-refractivity contribution >= 4 is 23.4 Å². The molecule has 0 aliphatic rings. The van der Waals surface area contributed by atoms with Crippen LogP contribution in [0.3, 0.4) is 0 Å². The molecule has 1 nitrogen and oxygen atoms in total. The molecule has 0 saturated heterocycles. The van der Waals surface area contributed by atoms with Gasteiger partial charge in [0, 0.05) is 16.5 Å². The fraction of sp³-hybridized carbons (Fsp3) is 0.200. The maximum atomic E-state index is 5.76. The van der Waals surface area contributed by atoms with Crippen LogP contribution >= 0.6 is 23.4 Å². The molecule has 0 aliphatic heterocycles. The third-order valence-electron chi connectivity index (χ3n) is 2.64. The standard InChI is InChI=1S/C15H15ClOS/c1-17-14-6-2-13(3-7-14)11-18-15-8-4-12(10-16)5-9-15/h2-9H,10-11H2,1H3. The van der Waals surface area contributed by atoms with Gasteiger partial charge in [0.05, 0.1) is 7.11 Å². The molecule has 0 aliphatic carbocycles. The van der Waals surface area contributed by atoms with Gasteiger partial charge >= 0.3 is 0 Å². The van der Waals surface area contributed by atoms with E-state index in [4.69, 9.17) is 16.3 Å². The summed E-state index contributed by atoms with van der Waals surface area (Å²) in [5.74, 6) is 2.43. The topological polar surface area (TPSA) is 9.23 Å². The molecule has 2 aromatic rings. The van der Waals surface area contributed by atoms with Gasteiger partial charge in [-0.25, -0.2) is 0 Å². The number of rotatable bonds is 5. The first-order valence-corrected chi connectivity index (χ1v) is 7.24. The average Bonchev–Trinajstić information content (AvgIpc) is 2.46. The van der Waals surface area contributed by atoms with Crippen molar-refractivity contribution < 1.29 is 4.74 Å². The molecule has 0 unspecified atom stereocenters. The van der Waals surface area contributed by atoms with Crippen molar-refractivity contribution in [3.8, 4) is 5.75 Å². The number of alkyl halides is 1. The van der Waals surface area contributed by atoms with Crippen LogP contribution in [0, 0.1) is 0 Å². The molecule has 0 aromatic heterocycles. The van der Waals surface area contributed by atoms with Gasteiger partial charge in [-0.2, -0.15) is 0 Å². The summed E-state index contributed by atoms with van der Waals surface area (Å²) in [4.78, 5) is 1.26. The summed E-state index contributed by atoms with van der Waals surface area (Å²) in [5.41, 5.74) is 2.45. The Bertz CT molecular complexity index is 431. The van der Waals surface area contributed by atoms with E-state index in [1.165, 1.54) is 10.5 Å². The van der Waals surface area contributed by atoms with Crippen molar-refractivity contribution in [3.05, 3.63) is 59.7 Å². The van der Waals surface area contributed by atoms with E-state index in [1.807, 2.05) is 23.9 Å². The lowest BCUT2D eigenvalue weighted by Gasteiger charge is -2.04. The predicted octanol–water partition coefficient (Wildman–Crippen LogP) is 4.73. The second-order valence-corrected chi connectivity index (χ2v) is 5.23. The molecule has 0 spiro atoms. The highest BCUT2D eigenvalue weighted by Gasteiger charge is 1.98. The maximum absolute atomic E-state index is 5.76. The third-order valence-corrected chi connectivity index (χ3v) is 4.03. The number of hydrogen-bond acceptors (Lipinski definition) is 2. The van der Waals surface area contributed by atoms with E-state index >= 15 is 0 Å². The Hall–Kier alpha value is -1.12. The minimum Gasteiger partial charge on any atom is -0.497 e. The monoisotopic (exact) mass is 278 g/mol. The lowest BCUT2D eigenvalue weighted by molar-refractivity contribution is 0.414. The number of benzene rings is 2. The second kappa shape index (κ2) is 6.72. The zero-order valence-electron chi connectivity index (χ0n) is 10.2. The van der Waals surface area contributed by atoms with Gasteiger partial charge in [-0.1, -0.05) is 24.3 Å². The van der Waals surface area contributed by atoms with Crippen LogP contribution in [-0.2, 0) is 11.6 Å². The van der Waals surface area contributed by atoms with Crippen LogP contribution < -0.4 is 4.74 Å². The van der Waals surface area contributed by atoms with Crippen LogP contribution in [-0.4, -0.2) is 7.11 Å².